The van der Waals surface area contributed by atoms with Gasteiger partial charge < -0.3 is 4.43 Å². The second-order valence-corrected chi connectivity index (χ2v) is 9.18. The van der Waals surface area contributed by atoms with Gasteiger partial charge in [0.05, 0.1) is 0 Å². The number of hydrogen-bond acceptors (Lipinski definition) is 1. The highest BCUT2D eigenvalue weighted by atomic mass is 28.2. The number of unbranched alkanes of at least 4 members (excludes halogenated alkanes) is 18. The smallest absolute Gasteiger partial charge is 0.229 e. The Morgan fingerprint density at radius 3 is 1.15 bits per heavy atom. The Bertz CT molecular complexity index is 208. The molecular formula is C24H50OSi. The van der Waals surface area contributed by atoms with Crippen LogP contribution in [0.15, 0.2) is 0 Å². The number of hydrogen-bond donors (Lipinski definition) is 0. The SMILES string of the molecule is CCCCCCCCCCCCCCCCCCCCO[Si]CCCC. The molecule has 0 fully saturated rings. The third-order valence-corrected chi connectivity index (χ3v) is 6.30. The largest absolute Gasteiger partial charge is 0.417 e. The fraction of sp³-hybridized carbons (Fsp3) is 1.00. The molecule has 0 N–H and O–H groups in total. The Kier molecular flexibility index (Phi) is 25.3. The lowest BCUT2D eigenvalue weighted by atomic mass is 10.0. The first kappa shape index (κ1) is 26.2. The molecule has 0 aromatic carbocycles. The minimum absolute atomic E-state index is 0.750. The van der Waals surface area contributed by atoms with Gasteiger partial charge in [-0.15, -0.1) is 0 Å². The first-order valence-electron chi connectivity index (χ1n) is 12.3. The molecule has 0 spiro atoms. The summed E-state index contributed by atoms with van der Waals surface area (Å²) in [5.74, 6) is 0. The molecule has 0 aromatic rings. The maximum absolute atomic E-state index is 5.69. The van der Waals surface area contributed by atoms with Crippen molar-refractivity contribution >= 4 is 9.76 Å². The summed E-state index contributed by atoms with van der Waals surface area (Å²) in [4.78, 5) is 0. The van der Waals surface area contributed by atoms with Crippen molar-refractivity contribution in [3.63, 3.8) is 0 Å². The van der Waals surface area contributed by atoms with E-state index in [1.54, 1.807) is 0 Å². The summed E-state index contributed by atoms with van der Waals surface area (Å²) in [7, 11) is 0.750. The molecule has 26 heavy (non-hydrogen) atoms. The average molecular weight is 383 g/mol. The molecule has 0 aliphatic heterocycles. The summed E-state index contributed by atoms with van der Waals surface area (Å²) in [6, 6.07) is 1.27. The van der Waals surface area contributed by atoms with Gasteiger partial charge in [-0.05, 0) is 12.5 Å². The molecule has 0 bridgehead atoms. The van der Waals surface area contributed by atoms with Crippen molar-refractivity contribution in [3.05, 3.63) is 0 Å². The summed E-state index contributed by atoms with van der Waals surface area (Å²) in [6.45, 7) is 5.55. The third kappa shape index (κ3) is 24.2. The van der Waals surface area contributed by atoms with E-state index in [0.29, 0.717) is 0 Å². The van der Waals surface area contributed by atoms with Gasteiger partial charge in [-0.25, -0.2) is 0 Å². The lowest BCUT2D eigenvalue weighted by Crippen LogP contribution is -2.00. The van der Waals surface area contributed by atoms with Gasteiger partial charge in [0.2, 0.25) is 9.76 Å². The van der Waals surface area contributed by atoms with Crippen molar-refractivity contribution in [2.45, 2.75) is 148 Å². The van der Waals surface area contributed by atoms with E-state index >= 15 is 0 Å². The molecule has 1 nitrogen and oxygen atoms in total. The van der Waals surface area contributed by atoms with E-state index in [4.69, 9.17) is 4.43 Å². The van der Waals surface area contributed by atoms with Crippen molar-refractivity contribution < 1.29 is 4.43 Å². The zero-order valence-electron chi connectivity index (χ0n) is 18.5. The summed E-state index contributed by atoms with van der Waals surface area (Å²) >= 11 is 0. The van der Waals surface area contributed by atoms with Crippen LogP contribution in [0.25, 0.3) is 0 Å². The highest BCUT2D eigenvalue weighted by Crippen LogP contribution is 2.14. The topological polar surface area (TPSA) is 9.23 Å². The van der Waals surface area contributed by atoms with Crippen LogP contribution >= 0.6 is 0 Å². The van der Waals surface area contributed by atoms with Crippen molar-refractivity contribution in [2.75, 3.05) is 6.61 Å². The molecule has 2 heteroatoms. The molecule has 0 amide bonds. The van der Waals surface area contributed by atoms with Crippen LogP contribution in [0.5, 0.6) is 0 Å². The molecule has 0 saturated carbocycles. The van der Waals surface area contributed by atoms with Gasteiger partial charge in [-0.1, -0.05) is 136 Å². The first-order valence-corrected chi connectivity index (χ1v) is 13.4. The molecule has 0 atom stereocenters. The molecule has 0 rings (SSSR count). The zero-order chi connectivity index (χ0) is 19.0. The van der Waals surface area contributed by atoms with Crippen LogP contribution in [0.3, 0.4) is 0 Å². The number of rotatable bonds is 23. The Balaban J connectivity index is 2.95. The highest BCUT2D eigenvalue weighted by molar-refractivity contribution is 6.26. The molecule has 0 saturated heterocycles. The monoisotopic (exact) mass is 382 g/mol. The van der Waals surface area contributed by atoms with Gasteiger partial charge in [0.25, 0.3) is 0 Å². The van der Waals surface area contributed by atoms with Crippen LogP contribution in [0.4, 0.5) is 0 Å². The Morgan fingerprint density at radius 1 is 0.423 bits per heavy atom. The second-order valence-electron chi connectivity index (χ2n) is 8.11. The van der Waals surface area contributed by atoms with Gasteiger partial charge in [0, 0.05) is 6.61 Å². The third-order valence-electron chi connectivity index (χ3n) is 5.33. The van der Waals surface area contributed by atoms with Crippen LogP contribution in [0.2, 0.25) is 6.04 Å². The molecule has 2 radical (unpaired) electrons. The van der Waals surface area contributed by atoms with Crippen molar-refractivity contribution in [1.29, 1.82) is 0 Å². The fourth-order valence-corrected chi connectivity index (χ4v) is 4.40. The molecular weight excluding hydrogens is 332 g/mol. The minimum atomic E-state index is 0.750. The summed E-state index contributed by atoms with van der Waals surface area (Å²) in [5.41, 5.74) is 0. The average Bonchev–Trinajstić information content (AvgIpc) is 2.66. The lowest BCUT2D eigenvalue weighted by molar-refractivity contribution is 0.319. The standard InChI is InChI=1S/C24H50OSi/c1-3-5-7-8-9-10-11-12-13-14-15-16-17-18-19-20-21-22-23-25-26-24-6-4-2/h3-24H2,1-2H3. The van der Waals surface area contributed by atoms with Crippen LogP contribution in [0.1, 0.15) is 142 Å². The van der Waals surface area contributed by atoms with Gasteiger partial charge in [0.1, 0.15) is 0 Å². The molecule has 0 unspecified atom stereocenters. The molecule has 0 aromatic heterocycles. The van der Waals surface area contributed by atoms with E-state index in [2.05, 4.69) is 13.8 Å². The van der Waals surface area contributed by atoms with E-state index < -0.39 is 0 Å². The summed E-state index contributed by atoms with van der Waals surface area (Å²) in [5, 5.41) is 0. The summed E-state index contributed by atoms with van der Waals surface area (Å²) < 4.78 is 5.69. The van der Waals surface area contributed by atoms with E-state index in [9.17, 15) is 0 Å². The molecule has 0 aliphatic carbocycles. The molecule has 0 heterocycles. The summed E-state index contributed by atoms with van der Waals surface area (Å²) in [6.07, 6.45) is 28.6. The minimum Gasteiger partial charge on any atom is -0.417 e. The Hall–Kier alpha value is 0.177. The van der Waals surface area contributed by atoms with E-state index in [1.807, 2.05) is 0 Å². The van der Waals surface area contributed by atoms with Crippen molar-refractivity contribution in [2.24, 2.45) is 0 Å². The van der Waals surface area contributed by atoms with Crippen LogP contribution in [-0.2, 0) is 4.43 Å². The predicted octanol–water partition coefficient (Wildman–Crippen LogP) is 8.88. The zero-order valence-corrected chi connectivity index (χ0v) is 19.5. The Labute approximate surface area is 169 Å². The maximum atomic E-state index is 5.69. The van der Waals surface area contributed by atoms with Gasteiger partial charge in [-0.2, -0.15) is 0 Å². The van der Waals surface area contributed by atoms with Crippen molar-refractivity contribution in [1.82, 2.24) is 0 Å². The van der Waals surface area contributed by atoms with Crippen LogP contribution in [0, 0.1) is 0 Å². The van der Waals surface area contributed by atoms with Crippen LogP contribution in [-0.4, -0.2) is 16.4 Å². The van der Waals surface area contributed by atoms with Gasteiger partial charge in [0.15, 0.2) is 0 Å². The van der Waals surface area contributed by atoms with Crippen LogP contribution < -0.4 is 0 Å². The molecule has 156 valence electrons. The second kappa shape index (κ2) is 25.2. The Morgan fingerprint density at radius 2 is 0.769 bits per heavy atom. The molecule has 0 aliphatic rings. The maximum Gasteiger partial charge on any atom is 0.229 e. The van der Waals surface area contributed by atoms with Gasteiger partial charge in [-0.3, -0.25) is 0 Å². The van der Waals surface area contributed by atoms with E-state index in [0.717, 1.165) is 16.4 Å². The van der Waals surface area contributed by atoms with E-state index in [1.165, 1.54) is 134 Å². The van der Waals surface area contributed by atoms with Crippen molar-refractivity contribution in [3.8, 4) is 0 Å². The van der Waals surface area contributed by atoms with E-state index in [-0.39, 0.29) is 0 Å². The predicted molar refractivity (Wildman–Crippen MR) is 120 cm³/mol. The van der Waals surface area contributed by atoms with Gasteiger partial charge >= 0.3 is 0 Å². The quantitative estimate of drug-likeness (QED) is 0.127. The normalized spacial score (nSPS) is 11.3. The highest BCUT2D eigenvalue weighted by Gasteiger charge is 1.96. The lowest BCUT2D eigenvalue weighted by Gasteiger charge is -2.04. The first-order chi connectivity index (χ1) is 12.9. The fourth-order valence-electron chi connectivity index (χ4n) is 3.47.